The van der Waals surface area contributed by atoms with Crippen molar-refractivity contribution >= 4 is 21.9 Å². The topological polar surface area (TPSA) is 43.9 Å². The van der Waals surface area contributed by atoms with Gasteiger partial charge in [-0.05, 0) is 34.9 Å². The molecule has 4 nitrogen and oxygen atoms in total. The molecule has 0 N–H and O–H groups in total. The highest BCUT2D eigenvalue weighted by Crippen LogP contribution is 2.36. The third-order valence-corrected chi connectivity index (χ3v) is 7.79. The molecule has 8 rings (SSSR count). The zero-order valence-electron chi connectivity index (χ0n) is 22.7. The van der Waals surface area contributed by atoms with E-state index in [1.54, 1.807) is 0 Å². The summed E-state index contributed by atoms with van der Waals surface area (Å²) < 4.78 is 8.39. The van der Waals surface area contributed by atoms with E-state index in [0.717, 1.165) is 72.7 Å². The minimum atomic E-state index is 0.806. The molecule has 198 valence electrons. The first-order valence-corrected chi connectivity index (χ1v) is 14.0. The van der Waals surface area contributed by atoms with E-state index < -0.39 is 0 Å². The molecule has 42 heavy (non-hydrogen) atoms. The van der Waals surface area contributed by atoms with Gasteiger partial charge in [0.2, 0.25) is 0 Å². The number of para-hydroxylation sites is 3. The second kappa shape index (κ2) is 10.0. The van der Waals surface area contributed by atoms with Gasteiger partial charge < -0.3 is 4.42 Å². The summed E-state index contributed by atoms with van der Waals surface area (Å²) in [5.74, 6) is 1.62. The maximum atomic E-state index is 6.27. The number of aromatic nitrogens is 3. The maximum absolute atomic E-state index is 6.27. The summed E-state index contributed by atoms with van der Waals surface area (Å²) in [6, 6.07) is 52.2. The van der Waals surface area contributed by atoms with Crippen LogP contribution in [0.3, 0.4) is 0 Å². The van der Waals surface area contributed by atoms with E-state index in [0.29, 0.717) is 0 Å². The van der Waals surface area contributed by atoms with Crippen LogP contribution in [0.4, 0.5) is 0 Å². The number of rotatable bonds is 5. The standard InChI is InChI=1S/C38H25N3O/c1-3-10-29(11-4-1)37-39-40-38(41(37)31-12-5-2-6-13-31)30-24-20-27(21-25-30)26-18-22-28(23-19-26)32-15-9-16-34-33-14-7-8-17-35(33)42-36(32)34/h1-25H. The van der Waals surface area contributed by atoms with Gasteiger partial charge >= 0.3 is 0 Å². The molecular weight excluding hydrogens is 514 g/mol. The summed E-state index contributed by atoms with van der Waals surface area (Å²) in [4.78, 5) is 0. The molecule has 6 aromatic carbocycles. The molecule has 2 heterocycles. The number of hydrogen-bond acceptors (Lipinski definition) is 3. The third-order valence-electron chi connectivity index (χ3n) is 7.79. The van der Waals surface area contributed by atoms with Crippen LogP contribution in [-0.2, 0) is 0 Å². The van der Waals surface area contributed by atoms with Crippen molar-refractivity contribution in [1.82, 2.24) is 14.8 Å². The second-order valence-electron chi connectivity index (χ2n) is 10.3. The van der Waals surface area contributed by atoms with E-state index in [2.05, 4.69) is 118 Å². The van der Waals surface area contributed by atoms with Crippen molar-refractivity contribution in [3.63, 3.8) is 0 Å². The van der Waals surface area contributed by atoms with Gasteiger partial charge in [-0.2, -0.15) is 0 Å². The normalized spacial score (nSPS) is 11.3. The Balaban J connectivity index is 1.14. The highest BCUT2D eigenvalue weighted by atomic mass is 16.3. The van der Waals surface area contributed by atoms with Crippen molar-refractivity contribution in [1.29, 1.82) is 0 Å². The molecule has 0 bridgehead atoms. The molecule has 0 aliphatic rings. The molecule has 0 amide bonds. The smallest absolute Gasteiger partial charge is 0.168 e. The lowest BCUT2D eigenvalue weighted by Gasteiger charge is -2.11. The van der Waals surface area contributed by atoms with Crippen LogP contribution in [0, 0.1) is 0 Å². The van der Waals surface area contributed by atoms with Crippen molar-refractivity contribution in [2.75, 3.05) is 0 Å². The van der Waals surface area contributed by atoms with Crippen molar-refractivity contribution in [2.45, 2.75) is 0 Å². The highest BCUT2D eigenvalue weighted by Gasteiger charge is 2.17. The number of benzene rings is 6. The Kier molecular flexibility index (Phi) is 5.75. The molecule has 0 saturated heterocycles. The molecule has 0 unspecified atom stereocenters. The van der Waals surface area contributed by atoms with Gasteiger partial charge in [0.05, 0.1) is 0 Å². The lowest BCUT2D eigenvalue weighted by molar-refractivity contribution is 0.670. The van der Waals surface area contributed by atoms with E-state index in [-0.39, 0.29) is 0 Å². The first-order valence-electron chi connectivity index (χ1n) is 14.0. The Bertz CT molecular complexity index is 2160. The first kappa shape index (κ1) is 24.1. The number of fused-ring (bicyclic) bond motifs is 3. The minimum absolute atomic E-state index is 0.806. The lowest BCUT2D eigenvalue weighted by Crippen LogP contribution is -2.00. The van der Waals surface area contributed by atoms with Gasteiger partial charge in [0, 0.05) is 33.2 Å². The monoisotopic (exact) mass is 539 g/mol. The van der Waals surface area contributed by atoms with Crippen LogP contribution in [0.5, 0.6) is 0 Å². The summed E-state index contributed by atoms with van der Waals surface area (Å²) in [6.07, 6.45) is 0. The first-order chi connectivity index (χ1) is 20.8. The van der Waals surface area contributed by atoms with Gasteiger partial charge in [-0.1, -0.05) is 133 Å². The number of nitrogens with zero attached hydrogens (tertiary/aromatic N) is 3. The maximum Gasteiger partial charge on any atom is 0.168 e. The van der Waals surface area contributed by atoms with Gasteiger partial charge in [-0.3, -0.25) is 4.57 Å². The largest absolute Gasteiger partial charge is 0.455 e. The zero-order valence-corrected chi connectivity index (χ0v) is 22.7. The zero-order chi connectivity index (χ0) is 27.9. The molecule has 0 radical (unpaired) electrons. The van der Waals surface area contributed by atoms with Crippen LogP contribution in [0.1, 0.15) is 0 Å². The minimum Gasteiger partial charge on any atom is -0.455 e. The number of furan rings is 1. The van der Waals surface area contributed by atoms with Crippen LogP contribution < -0.4 is 0 Å². The molecule has 0 fully saturated rings. The molecular formula is C38H25N3O. The summed E-state index contributed by atoms with van der Waals surface area (Å²) >= 11 is 0. The average molecular weight is 540 g/mol. The molecule has 8 aromatic rings. The summed E-state index contributed by atoms with van der Waals surface area (Å²) in [7, 11) is 0. The second-order valence-corrected chi connectivity index (χ2v) is 10.3. The predicted molar refractivity (Wildman–Crippen MR) is 170 cm³/mol. The van der Waals surface area contributed by atoms with Crippen LogP contribution >= 0.6 is 0 Å². The quantitative estimate of drug-likeness (QED) is 0.219. The fourth-order valence-corrected chi connectivity index (χ4v) is 5.70. The molecule has 0 aliphatic heterocycles. The number of hydrogen-bond donors (Lipinski definition) is 0. The van der Waals surface area contributed by atoms with E-state index in [4.69, 9.17) is 4.42 Å². The van der Waals surface area contributed by atoms with Crippen molar-refractivity contribution in [3.05, 3.63) is 152 Å². The van der Waals surface area contributed by atoms with E-state index in [9.17, 15) is 0 Å². The van der Waals surface area contributed by atoms with E-state index >= 15 is 0 Å². The highest BCUT2D eigenvalue weighted by molar-refractivity contribution is 6.09. The average Bonchev–Trinajstić information content (AvgIpc) is 3.68. The predicted octanol–water partition coefficient (Wildman–Crippen LogP) is 9.83. The van der Waals surface area contributed by atoms with Gasteiger partial charge in [-0.25, -0.2) is 0 Å². The van der Waals surface area contributed by atoms with Gasteiger partial charge in [-0.15, -0.1) is 10.2 Å². The SMILES string of the molecule is c1ccc(-c2nnc(-c3ccc(-c4ccc(-c5cccc6c5oc5ccccc56)cc4)cc3)n2-c2ccccc2)cc1. The van der Waals surface area contributed by atoms with Crippen molar-refractivity contribution < 1.29 is 4.42 Å². The van der Waals surface area contributed by atoms with Crippen molar-refractivity contribution in [2.24, 2.45) is 0 Å². The summed E-state index contributed by atoms with van der Waals surface area (Å²) in [5, 5.41) is 11.5. The van der Waals surface area contributed by atoms with Crippen LogP contribution in [0.25, 0.3) is 72.7 Å². The Hall–Kier alpha value is -5.74. The fourth-order valence-electron chi connectivity index (χ4n) is 5.70. The lowest BCUT2D eigenvalue weighted by atomic mass is 9.98. The third kappa shape index (κ3) is 4.09. The van der Waals surface area contributed by atoms with Gasteiger partial charge in [0.25, 0.3) is 0 Å². The molecule has 0 spiro atoms. The Labute approximate surface area is 243 Å². The fraction of sp³-hybridized carbons (Fsp3) is 0. The summed E-state index contributed by atoms with van der Waals surface area (Å²) in [5.41, 5.74) is 9.40. The molecule has 4 heteroatoms. The molecule has 0 atom stereocenters. The Morgan fingerprint density at radius 3 is 1.62 bits per heavy atom. The van der Waals surface area contributed by atoms with Gasteiger partial charge in [0.1, 0.15) is 11.2 Å². The van der Waals surface area contributed by atoms with Gasteiger partial charge in [0.15, 0.2) is 11.6 Å². The Morgan fingerprint density at radius 2 is 0.929 bits per heavy atom. The van der Waals surface area contributed by atoms with Crippen LogP contribution in [-0.4, -0.2) is 14.8 Å². The summed E-state index contributed by atoms with van der Waals surface area (Å²) in [6.45, 7) is 0. The molecule has 2 aromatic heterocycles. The van der Waals surface area contributed by atoms with Crippen LogP contribution in [0.2, 0.25) is 0 Å². The molecule has 0 aliphatic carbocycles. The van der Waals surface area contributed by atoms with Crippen LogP contribution in [0.15, 0.2) is 156 Å². The molecule has 0 saturated carbocycles. The van der Waals surface area contributed by atoms with Crippen molar-refractivity contribution in [3.8, 4) is 50.7 Å². The van der Waals surface area contributed by atoms with E-state index in [1.165, 1.54) is 0 Å². The Morgan fingerprint density at radius 1 is 0.405 bits per heavy atom. The van der Waals surface area contributed by atoms with E-state index in [1.807, 2.05) is 48.5 Å².